The first-order valence-corrected chi connectivity index (χ1v) is 7.64. The Morgan fingerprint density at radius 3 is 2.06 bits per heavy atom. The third kappa shape index (κ3) is 12.2. The Hall–Kier alpha value is -0.0400. The van der Waals surface area contributed by atoms with Crippen LogP contribution in [-0.2, 0) is 4.74 Å². The minimum atomic E-state index is 0.820. The third-order valence-electron chi connectivity index (χ3n) is 3.39. The van der Waals surface area contributed by atoms with Gasteiger partial charge >= 0.3 is 0 Å². The molecule has 0 aromatic heterocycles. The molecule has 17 heavy (non-hydrogen) atoms. The molecule has 0 bridgehead atoms. The molecular weight excluding hydrogens is 208 g/mol. The number of hydrogen-bond donors (Lipinski definition) is 0. The fraction of sp³-hybridized carbons (Fsp3) is 1.00. The van der Waals surface area contributed by atoms with E-state index in [1.165, 1.54) is 32.1 Å². The maximum Gasteiger partial charge on any atom is 0.0468 e. The summed E-state index contributed by atoms with van der Waals surface area (Å²) in [5, 5.41) is 0. The first kappa shape index (κ1) is 17.0. The zero-order chi connectivity index (χ0) is 13.1. The predicted octanol–water partition coefficient (Wildman–Crippen LogP) is 5.29. The van der Waals surface area contributed by atoms with Crippen LogP contribution < -0.4 is 0 Å². The van der Waals surface area contributed by atoms with Crippen molar-refractivity contribution in [3.8, 4) is 0 Å². The Morgan fingerprint density at radius 1 is 0.824 bits per heavy atom. The van der Waals surface area contributed by atoms with Crippen LogP contribution in [0.4, 0.5) is 0 Å². The van der Waals surface area contributed by atoms with Crippen LogP contribution in [0.15, 0.2) is 0 Å². The Kier molecular flexibility index (Phi) is 11.0. The average molecular weight is 242 g/mol. The Balaban J connectivity index is 3.41. The molecule has 0 radical (unpaired) electrons. The van der Waals surface area contributed by atoms with Gasteiger partial charge in [-0.05, 0) is 37.0 Å². The highest BCUT2D eigenvalue weighted by molar-refractivity contribution is 4.61. The largest absolute Gasteiger partial charge is 0.381 e. The summed E-state index contributed by atoms with van der Waals surface area (Å²) in [6, 6.07) is 0. The lowest BCUT2D eigenvalue weighted by Gasteiger charge is -2.17. The minimum Gasteiger partial charge on any atom is -0.381 e. The molecule has 0 aliphatic rings. The summed E-state index contributed by atoms with van der Waals surface area (Å²) in [7, 11) is 0. The molecule has 0 amide bonds. The van der Waals surface area contributed by atoms with Gasteiger partial charge in [0.25, 0.3) is 0 Å². The summed E-state index contributed by atoms with van der Waals surface area (Å²) in [5.41, 5.74) is 0. The Labute approximate surface area is 109 Å². The molecule has 0 saturated carbocycles. The zero-order valence-corrected chi connectivity index (χ0v) is 12.8. The van der Waals surface area contributed by atoms with Crippen LogP contribution in [0.2, 0.25) is 0 Å². The maximum atomic E-state index is 5.55. The van der Waals surface area contributed by atoms with E-state index < -0.39 is 0 Å². The molecule has 1 nitrogen and oxygen atoms in total. The van der Waals surface area contributed by atoms with Gasteiger partial charge in [0.2, 0.25) is 0 Å². The van der Waals surface area contributed by atoms with Crippen molar-refractivity contribution >= 4 is 0 Å². The van der Waals surface area contributed by atoms with Gasteiger partial charge < -0.3 is 4.74 Å². The van der Waals surface area contributed by atoms with E-state index in [2.05, 4.69) is 34.6 Å². The van der Waals surface area contributed by atoms with E-state index in [0.29, 0.717) is 0 Å². The van der Waals surface area contributed by atoms with Crippen molar-refractivity contribution < 1.29 is 4.74 Å². The van der Waals surface area contributed by atoms with Gasteiger partial charge in [-0.25, -0.2) is 0 Å². The fourth-order valence-electron chi connectivity index (χ4n) is 2.33. The first-order chi connectivity index (χ1) is 8.06. The lowest BCUT2D eigenvalue weighted by atomic mass is 9.90. The molecule has 0 saturated heterocycles. The van der Waals surface area contributed by atoms with E-state index >= 15 is 0 Å². The van der Waals surface area contributed by atoms with Crippen molar-refractivity contribution in [3.05, 3.63) is 0 Å². The summed E-state index contributed by atoms with van der Waals surface area (Å²) in [6.45, 7) is 13.5. The van der Waals surface area contributed by atoms with E-state index in [-0.39, 0.29) is 0 Å². The number of ether oxygens (including phenoxy) is 1. The van der Waals surface area contributed by atoms with Crippen molar-refractivity contribution in [2.24, 2.45) is 17.8 Å². The second-order valence-electron chi connectivity index (χ2n) is 6.17. The summed E-state index contributed by atoms with van der Waals surface area (Å²) >= 11 is 0. The average Bonchev–Trinajstić information content (AvgIpc) is 2.23. The SMILES string of the molecule is CCCOCCC(C)CC(C)CCCC(C)C. The highest BCUT2D eigenvalue weighted by atomic mass is 16.5. The molecule has 104 valence electrons. The van der Waals surface area contributed by atoms with Gasteiger partial charge in [-0.15, -0.1) is 0 Å². The molecule has 0 aromatic rings. The second kappa shape index (κ2) is 11.1. The van der Waals surface area contributed by atoms with Crippen molar-refractivity contribution in [2.75, 3.05) is 13.2 Å². The van der Waals surface area contributed by atoms with Crippen LogP contribution in [0.3, 0.4) is 0 Å². The monoisotopic (exact) mass is 242 g/mol. The Morgan fingerprint density at radius 2 is 1.47 bits per heavy atom. The molecule has 0 fully saturated rings. The fourth-order valence-corrected chi connectivity index (χ4v) is 2.33. The number of hydrogen-bond acceptors (Lipinski definition) is 1. The molecule has 0 aliphatic carbocycles. The van der Waals surface area contributed by atoms with Gasteiger partial charge in [0, 0.05) is 13.2 Å². The lowest BCUT2D eigenvalue weighted by molar-refractivity contribution is 0.119. The smallest absolute Gasteiger partial charge is 0.0468 e. The quantitative estimate of drug-likeness (QED) is 0.447. The van der Waals surface area contributed by atoms with Gasteiger partial charge in [0.15, 0.2) is 0 Å². The van der Waals surface area contributed by atoms with Crippen molar-refractivity contribution in [1.29, 1.82) is 0 Å². The third-order valence-corrected chi connectivity index (χ3v) is 3.39. The summed E-state index contributed by atoms with van der Waals surface area (Å²) < 4.78 is 5.55. The first-order valence-electron chi connectivity index (χ1n) is 7.64. The zero-order valence-electron chi connectivity index (χ0n) is 12.8. The molecule has 0 N–H and O–H groups in total. The summed E-state index contributed by atoms with van der Waals surface area (Å²) in [5.74, 6) is 2.57. The molecule has 2 atom stereocenters. The van der Waals surface area contributed by atoms with Gasteiger partial charge in [-0.1, -0.05) is 53.9 Å². The number of rotatable bonds is 11. The molecule has 0 heterocycles. The van der Waals surface area contributed by atoms with Crippen molar-refractivity contribution in [2.45, 2.75) is 73.1 Å². The molecular formula is C16H34O. The van der Waals surface area contributed by atoms with Crippen molar-refractivity contribution in [3.63, 3.8) is 0 Å². The van der Waals surface area contributed by atoms with Gasteiger partial charge in [-0.3, -0.25) is 0 Å². The topological polar surface area (TPSA) is 9.23 Å². The highest BCUT2D eigenvalue weighted by Gasteiger charge is 2.09. The lowest BCUT2D eigenvalue weighted by Crippen LogP contribution is -2.07. The summed E-state index contributed by atoms with van der Waals surface area (Å²) in [6.07, 6.45) is 7.93. The van der Waals surface area contributed by atoms with Crippen LogP contribution in [-0.4, -0.2) is 13.2 Å². The van der Waals surface area contributed by atoms with E-state index in [1.807, 2.05) is 0 Å². The Bertz CT molecular complexity index is 154. The van der Waals surface area contributed by atoms with Gasteiger partial charge in [-0.2, -0.15) is 0 Å². The van der Waals surface area contributed by atoms with Crippen LogP contribution in [0, 0.1) is 17.8 Å². The minimum absolute atomic E-state index is 0.820. The molecule has 1 heteroatoms. The van der Waals surface area contributed by atoms with Crippen LogP contribution in [0.1, 0.15) is 73.1 Å². The highest BCUT2D eigenvalue weighted by Crippen LogP contribution is 2.21. The second-order valence-corrected chi connectivity index (χ2v) is 6.17. The van der Waals surface area contributed by atoms with Gasteiger partial charge in [0.05, 0.1) is 0 Å². The maximum absolute atomic E-state index is 5.55. The molecule has 2 unspecified atom stereocenters. The van der Waals surface area contributed by atoms with Crippen LogP contribution in [0.5, 0.6) is 0 Å². The molecule has 0 aromatic carbocycles. The standard InChI is InChI=1S/C16H34O/c1-6-11-17-12-10-16(5)13-15(4)9-7-8-14(2)3/h14-16H,6-13H2,1-5H3. The molecule has 0 spiro atoms. The normalized spacial score (nSPS) is 15.2. The van der Waals surface area contributed by atoms with Crippen molar-refractivity contribution in [1.82, 2.24) is 0 Å². The van der Waals surface area contributed by atoms with E-state index in [0.717, 1.165) is 37.4 Å². The van der Waals surface area contributed by atoms with Crippen LogP contribution in [0.25, 0.3) is 0 Å². The van der Waals surface area contributed by atoms with E-state index in [9.17, 15) is 0 Å². The molecule has 0 aliphatic heterocycles. The van der Waals surface area contributed by atoms with E-state index in [1.54, 1.807) is 0 Å². The van der Waals surface area contributed by atoms with Gasteiger partial charge in [0.1, 0.15) is 0 Å². The summed E-state index contributed by atoms with van der Waals surface area (Å²) in [4.78, 5) is 0. The van der Waals surface area contributed by atoms with E-state index in [4.69, 9.17) is 4.74 Å². The predicted molar refractivity (Wildman–Crippen MR) is 77.4 cm³/mol. The van der Waals surface area contributed by atoms with Crippen LogP contribution >= 0.6 is 0 Å². The molecule has 0 rings (SSSR count).